The van der Waals surface area contributed by atoms with Crippen LogP contribution in [0.25, 0.3) is 0 Å². The van der Waals surface area contributed by atoms with Crippen LogP contribution >= 0.6 is 11.6 Å². The predicted octanol–water partition coefficient (Wildman–Crippen LogP) is 2.99. The van der Waals surface area contributed by atoms with Crippen LogP contribution < -0.4 is 10.6 Å². The number of hydrogen-bond donors (Lipinski definition) is 2. The lowest BCUT2D eigenvalue weighted by Gasteiger charge is -2.29. The topological polar surface area (TPSA) is 105 Å². The van der Waals surface area contributed by atoms with Gasteiger partial charge in [0.25, 0.3) is 5.91 Å². The third kappa shape index (κ3) is 4.36. The molecule has 2 heterocycles. The van der Waals surface area contributed by atoms with E-state index in [2.05, 4.69) is 10.6 Å². The summed E-state index contributed by atoms with van der Waals surface area (Å²) in [6.45, 7) is 0.114. The molecule has 2 N–H and O–H groups in total. The lowest BCUT2D eigenvalue weighted by atomic mass is 10.0. The van der Waals surface area contributed by atoms with Gasteiger partial charge in [-0.05, 0) is 41.8 Å². The quantitative estimate of drug-likeness (QED) is 0.704. The van der Waals surface area contributed by atoms with Crippen molar-refractivity contribution in [3.05, 3.63) is 63.9 Å². The Hall–Kier alpha value is -3.46. The molecule has 0 aromatic heterocycles. The molecule has 31 heavy (non-hydrogen) atoms. The zero-order valence-electron chi connectivity index (χ0n) is 16.1. The number of carbonyl (C=O) groups excluding carboxylic acids is 4. The second-order valence-electron chi connectivity index (χ2n) is 7.22. The first-order valence-electron chi connectivity index (χ1n) is 9.47. The van der Waals surface area contributed by atoms with Gasteiger partial charge in [0.15, 0.2) is 0 Å². The third-order valence-electron chi connectivity index (χ3n) is 5.13. The highest BCUT2D eigenvalue weighted by molar-refractivity contribution is 6.30. The van der Waals surface area contributed by atoms with Crippen molar-refractivity contribution in [1.82, 2.24) is 10.2 Å². The van der Waals surface area contributed by atoms with E-state index in [1.165, 1.54) is 17.0 Å². The van der Waals surface area contributed by atoms with Crippen molar-refractivity contribution < 1.29 is 28.3 Å². The number of nitrogens with one attached hydrogen (secondary N) is 2. The average molecular weight is 446 g/mol. The normalized spacial score (nSPS) is 17.9. The molecule has 8 nitrogen and oxygen atoms in total. The summed E-state index contributed by atoms with van der Waals surface area (Å²) in [5.74, 6) is -1.80. The molecule has 2 aromatic carbocycles. The number of benzene rings is 2. The second-order valence-corrected chi connectivity index (χ2v) is 7.65. The van der Waals surface area contributed by atoms with Gasteiger partial charge >= 0.3 is 6.09 Å². The van der Waals surface area contributed by atoms with E-state index >= 15 is 0 Å². The van der Waals surface area contributed by atoms with Crippen molar-refractivity contribution >= 4 is 41.1 Å². The van der Waals surface area contributed by atoms with Crippen molar-refractivity contribution in [2.75, 3.05) is 5.32 Å². The van der Waals surface area contributed by atoms with Crippen molar-refractivity contribution in [2.24, 2.45) is 0 Å². The number of halogens is 2. The Morgan fingerprint density at radius 1 is 1.23 bits per heavy atom. The Kier molecular flexibility index (Phi) is 5.60. The molecule has 0 aliphatic carbocycles. The Bertz CT molecular complexity index is 1110. The van der Waals surface area contributed by atoms with E-state index in [4.69, 9.17) is 16.3 Å². The van der Waals surface area contributed by atoms with E-state index in [-0.39, 0.29) is 48.5 Å². The monoisotopic (exact) mass is 445 g/mol. The SMILES string of the molecule is O=C1CCC(N2Cc3ccc(COC(=O)Nc4cc(Cl)ccc4F)cc3C2=O)C(=O)N1. The number of hydrogen-bond acceptors (Lipinski definition) is 5. The van der Waals surface area contributed by atoms with Crippen LogP contribution in [0.2, 0.25) is 5.02 Å². The molecule has 160 valence electrons. The molecule has 0 bridgehead atoms. The van der Waals surface area contributed by atoms with Gasteiger partial charge < -0.3 is 9.64 Å². The standard InChI is InChI=1S/C21H17ClFN3O5/c22-13-3-4-15(23)16(8-13)24-21(30)31-10-11-1-2-12-9-26(20(29)14(12)7-11)17-5-6-18(27)25-19(17)28/h1-4,7-8,17H,5-6,9-10H2,(H,24,30)(H,25,27,28). The summed E-state index contributed by atoms with van der Waals surface area (Å²) in [6.07, 6.45) is -0.420. The summed E-state index contributed by atoms with van der Waals surface area (Å²) in [5.41, 5.74) is 1.59. The molecule has 1 saturated heterocycles. The van der Waals surface area contributed by atoms with Crippen LogP contribution in [0.5, 0.6) is 0 Å². The summed E-state index contributed by atoms with van der Waals surface area (Å²) >= 11 is 5.79. The number of anilines is 1. The minimum absolute atomic E-state index is 0.110. The van der Waals surface area contributed by atoms with Gasteiger partial charge in [-0.2, -0.15) is 0 Å². The van der Waals surface area contributed by atoms with Crippen LogP contribution in [0, 0.1) is 5.82 Å². The van der Waals surface area contributed by atoms with Gasteiger partial charge in [0.1, 0.15) is 18.5 Å². The summed E-state index contributed by atoms with van der Waals surface area (Å²) in [4.78, 5) is 49.7. The van der Waals surface area contributed by atoms with E-state index < -0.39 is 23.9 Å². The maximum Gasteiger partial charge on any atom is 0.412 e. The minimum Gasteiger partial charge on any atom is -0.444 e. The van der Waals surface area contributed by atoms with Crippen molar-refractivity contribution in [3.8, 4) is 0 Å². The summed E-state index contributed by atoms with van der Waals surface area (Å²) < 4.78 is 18.8. The van der Waals surface area contributed by atoms with Gasteiger partial charge in [0.05, 0.1) is 5.69 Å². The molecule has 4 amide bonds. The molecule has 1 atom stereocenters. The first-order valence-corrected chi connectivity index (χ1v) is 9.85. The van der Waals surface area contributed by atoms with Crippen molar-refractivity contribution in [1.29, 1.82) is 0 Å². The Morgan fingerprint density at radius 2 is 2.03 bits per heavy atom. The molecule has 10 heteroatoms. The molecule has 2 aliphatic heterocycles. The minimum atomic E-state index is -0.877. The number of nitrogens with zero attached hydrogens (tertiary/aromatic N) is 1. The van der Waals surface area contributed by atoms with E-state index in [0.717, 1.165) is 11.6 Å². The number of amides is 4. The molecule has 1 fully saturated rings. The van der Waals surface area contributed by atoms with E-state index in [9.17, 15) is 23.6 Å². The summed E-state index contributed by atoms with van der Waals surface area (Å²) in [7, 11) is 0. The first kappa shape index (κ1) is 20.8. The highest BCUT2D eigenvalue weighted by atomic mass is 35.5. The van der Waals surface area contributed by atoms with E-state index in [1.54, 1.807) is 18.2 Å². The molecular formula is C21H17ClFN3O5. The second kappa shape index (κ2) is 8.35. The highest BCUT2D eigenvalue weighted by Gasteiger charge is 2.39. The number of rotatable bonds is 4. The summed E-state index contributed by atoms with van der Waals surface area (Å²) in [6, 6.07) is 8.06. The van der Waals surface area contributed by atoms with E-state index in [1.807, 2.05) is 0 Å². The molecular weight excluding hydrogens is 429 g/mol. The Morgan fingerprint density at radius 3 is 2.81 bits per heavy atom. The molecule has 0 spiro atoms. The van der Waals surface area contributed by atoms with Crippen LogP contribution in [0.15, 0.2) is 36.4 Å². The molecule has 0 saturated carbocycles. The van der Waals surface area contributed by atoms with Gasteiger partial charge in [0.2, 0.25) is 11.8 Å². The van der Waals surface area contributed by atoms with E-state index in [0.29, 0.717) is 11.1 Å². The van der Waals surface area contributed by atoms with Crippen LogP contribution in [-0.4, -0.2) is 34.8 Å². The molecule has 1 unspecified atom stereocenters. The van der Waals surface area contributed by atoms with Crippen LogP contribution in [0.4, 0.5) is 14.9 Å². The predicted molar refractivity (Wildman–Crippen MR) is 108 cm³/mol. The summed E-state index contributed by atoms with van der Waals surface area (Å²) in [5, 5.41) is 4.79. The number of ether oxygens (including phenoxy) is 1. The smallest absolute Gasteiger partial charge is 0.412 e. The van der Waals surface area contributed by atoms with Crippen LogP contribution in [-0.2, 0) is 27.5 Å². The molecule has 2 aliphatic rings. The van der Waals surface area contributed by atoms with Gasteiger partial charge in [-0.25, -0.2) is 9.18 Å². The maximum atomic E-state index is 13.7. The van der Waals surface area contributed by atoms with Gasteiger partial charge in [-0.15, -0.1) is 0 Å². The van der Waals surface area contributed by atoms with Crippen LogP contribution in [0.3, 0.4) is 0 Å². The average Bonchev–Trinajstić information content (AvgIpc) is 3.05. The number of piperidine rings is 1. The number of imide groups is 1. The Balaban J connectivity index is 1.40. The zero-order valence-corrected chi connectivity index (χ0v) is 16.9. The Labute approximate surface area is 181 Å². The lowest BCUT2D eigenvalue weighted by molar-refractivity contribution is -0.136. The van der Waals surface area contributed by atoms with Crippen LogP contribution in [0.1, 0.15) is 34.3 Å². The number of fused-ring (bicyclic) bond motifs is 1. The molecule has 0 radical (unpaired) electrons. The largest absolute Gasteiger partial charge is 0.444 e. The molecule has 4 rings (SSSR count). The number of carbonyl (C=O) groups is 4. The fourth-order valence-electron chi connectivity index (χ4n) is 3.58. The lowest BCUT2D eigenvalue weighted by Crippen LogP contribution is -2.52. The zero-order chi connectivity index (χ0) is 22.1. The van der Waals surface area contributed by atoms with Crippen molar-refractivity contribution in [2.45, 2.75) is 32.0 Å². The highest BCUT2D eigenvalue weighted by Crippen LogP contribution is 2.28. The third-order valence-corrected chi connectivity index (χ3v) is 5.36. The van der Waals surface area contributed by atoms with Gasteiger partial charge in [0, 0.05) is 23.6 Å². The maximum absolute atomic E-state index is 13.7. The molecule has 2 aromatic rings. The van der Waals surface area contributed by atoms with Gasteiger partial charge in [-0.1, -0.05) is 23.7 Å². The van der Waals surface area contributed by atoms with Gasteiger partial charge in [-0.3, -0.25) is 25.0 Å². The first-order chi connectivity index (χ1) is 14.8. The van der Waals surface area contributed by atoms with Crippen molar-refractivity contribution in [3.63, 3.8) is 0 Å². The fourth-order valence-corrected chi connectivity index (χ4v) is 3.75. The fraction of sp³-hybridized carbons (Fsp3) is 0.238.